The summed E-state index contributed by atoms with van der Waals surface area (Å²) in [5, 5.41) is 6.41. The molecule has 1 aromatic rings. The quantitative estimate of drug-likeness (QED) is 0.787. The molecule has 3 rings (SSSR count). The molecule has 0 spiro atoms. The van der Waals surface area contributed by atoms with E-state index in [1.807, 2.05) is 19.1 Å². The average molecular weight is 359 g/mol. The minimum absolute atomic E-state index is 0.0996. The Morgan fingerprint density at radius 2 is 1.81 bits per heavy atom. The van der Waals surface area contributed by atoms with Crippen LogP contribution in [0.2, 0.25) is 0 Å². The second-order valence-corrected chi connectivity index (χ2v) is 7.66. The van der Waals surface area contributed by atoms with Gasteiger partial charge in [0.25, 0.3) is 0 Å². The fourth-order valence-corrected chi connectivity index (χ4v) is 3.97. The van der Waals surface area contributed by atoms with Crippen LogP contribution < -0.4 is 15.5 Å². The van der Waals surface area contributed by atoms with Gasteiger partial charge in [-0.15, -0.1) is 0 Å². The van der Waals surface area contributed by atoms with Gasteiger partial charge in [-0.05, 0) is 75.5 Å². The van der Waals surface area contributed by atoms with Crippen molar-refractivity contribution in [2.45, 2.75) is 39.0 Å². The van der Waals surface area contributed by atoms with Crippen LogP contribution in [0.15, 0.2) is 24.3 Å². The number of hydrogen-bond donors (Lipinski definition) is 2. The molecule has 0 bridgehead atoms. The zero-order valence-electron chi connectivity index (χ0n) is 16.2. The molecule has 144 valence electrons. The summed E-state index contributed by atoms with van der Waals surface area (Å²) in [6.07, 6.45) is 5.52. The summed E-state index contributed by atoms with van der Waals surface area (Å²) in [5.41, 5.74) is 2.16. The topological polar surface area (TPSA) is 47.6 Å². The van der Waals surface area contributed by atoms with Gasteiger partial charge in [0.15, 0.2) is 0 Å². The van der Waals surface area contributed by atoms with Crippen molar-refractivity contribution in [1.82, 2.24) is 10.2 Å². The summed E-state index contributed by atoms with van der Waals surface area (Å²) in [4.78, 5) is 16.8. The van der Waals surface area contributed by atoms with Gasteiger partial charge in [-0.25, -0.2) is 0 Å². The number of carbonyl (C=O) groups excluding carboxylic acids is 1. The van der Waals surface area contributed by atoms with E-state index in [0.29, 0.717) is 6.42 Å². The first-order valence-electron chi connectivity index (χ1n) is 10.3. The number of amides is 1. The zero-order valence-corrected chi connectivity index (χ0v) is 16.2. The van der Waals surface area contributed by atoms with Crippen molar-refractivity contribution in [3.8, 4) is 0 Å². The van der Waals surface area contributed by atoms with E-state index >= 15 is 0 Å². The van der Waals surface area contributed by atoms with Crippen molar-refractivity contribution in [1.29, 1.82) is 0 Å². The lowest BCUT2D eigenvalue weighted by atomic mass is 9.94. The molecule has 0 unspecified atom stereocenters. The summed E-state index contributed by atoms with van der Waals surface area (Å²) < 4.78 is 0. The molecule has 5 nitrogen and oxygen atoms in total. The first-order valence-corrected chi connectivity index (χ1v) is 10.3. The maximum absolute atomic E-state index is 11.7. The van der Waals surface area contributed by atoms with Crippen LogP contribution in [0.25, 0.3) is 0 Å². The number of benzene rings is 1. The first kappa shape index (κ1) is 19.2. The molecule has 0 aliphatic carbocycles. The fraction of sp³-hybridized carbons (Fsp3) is 0.667. The van der Waals surface area contributed by atoms with Crippen LogP contribution in [-0.2, 0) is 4.79 Å². The maximum atomic E-state index is 11.7. The molecule has 2 aliphatic rings. The number of nitrogens with one attached hydrogen (secondary N) is 2. The van der Waals surface area contributed by atoms with Crippen LogP contribution in [0.5, 0.6) is 0 Å². The lowest BCUT2D eigenvalue weighted by Crippen LogP contribution is -2.47. The number of nitrogens with zero attached hydrogens (tertiary/aromatic N) is 2. The van der Waals surface area contributed by atoms with Gasteiger partial charge in [-0.1, -0.05) is 6.92 Å². The van der Waals surface area contributed by atoms with Crippen LogP contribution in [0.3, 0.4) is 0 Å². The van der Waals surface area contributed by atoms with Gasteiger partial charge in [0.2, 0.25) is 5.91 Å². The lowest BCUT2D eigenvalue weighted by molar-refractivity contribution is -0.116. The van der Waals surface area contributed by atoms with Gasteiger partial charge in [0, 0.05) is 44.0 Å². The highest BCUT2D eigenvalue weighted by atomic mass is 16.1. The summed E-state index contributed by atoms with van der Waals surface area (Å²) in [6, 6.07) is 8.30. The largest absolute Gasteiger partial charge is 0.369 e. The van der Waals surface area contributed by atoms with Crippen LogP contribution in [0, 0.1) is 5.92 Å². The standard InChI is InChI=1S/C21H34N4O/c1-2-3-21(26)23-19-4-6-20(7-5-19)25-16-14-24(15-17-25)13-10-18-8-11-22-12-9-18/h4-7,18,22H,2-3,8-17H2,1H3,(H,23,26). The predicted octanol–water partition coefficient (Wildman–Crippen LogP) is 2.94. The van der Waals surface area contributed by atoms with Crippen molar-refractivity contribution in [2.75, 3.05) is 56.0 Å². The molecule has 1 amide bonds. The molecule has 5 heteroatoms. The lowest BCUT2D eigenvalue weighted by Gasteiger charge is -2.37. The van der Waals surface area contributed by atoms with E-state index in [1.165, 1.54) is 44.6 Å². The molecular weight excluding hydrogens is 324 g/mol. The van der Waals surface area contributed by atoms with Crippen LogP contribution in [0.1, 0.15) is 39.0 Å². The van der Waals surface area contributed by atoms with Crippen molar-refractivity contribution < 1.29 is 4.79 Å². The van der Waals surface area contributed by atoms with E-state index in [4.69, 9.17) is 0 Å². The summed E-state index contributed by atoms with van der Waals surface area (Å²) >= 11 is 0. The highest BCUT2D eigenvalue weighted by Gasteiger charge is 2.19. The molecular formula is C21H34N4O. The molecule has 2 fully saturated rings. The highest BCUT2D eigenvalue weighted by Crippen LogP contribution is 2.21. The Bertz CT molecular complexity index is 546. The van der Waals surface area contributed by atoms with Gasteiger partial charge in [-0.3, -0.25) is 9.69 Å². The molecule has 1 aromatic carbocycles. The van der Waals surface area contributed by atoms with Gasteiger partial charge in [0.1, 0.15) is 0 Å². The fourth-order valence-electron chi connectivity index (χ4n) is 3.97. The third-order valence-electron chi connectivity index (χ3n) is 5.68. The highest BCUT2D eigenvalue weighted by molar-refractivity contribution is 5.90. The van der Waals surface area contributed by atoms with E-state index in [1.54, 1.807) is 0 Å². The number of anilines is 2. The van der Waals surface area contributed by atoms with Gasteiger partial charge < -0.3 is 15.5 Å². The van der Waals surface area contributed by atoms with E-state index in [9.17, 15) is 4.79 Å². The minimum Gasteiger partial charge on any atom is -0.369 e. The maximum Gasteiger partial charge on any atom is 0.224 e. The van der Waals surface area contributed by atoms with E-state index in [0.717, 1.165) is 44.2 Å². The summed E-state index contributed by atoms with van der Waals surface area (Å²) in [7, 11) is 0. The molecule has 2 heterocycles. The molecule has 0 saturated carbocycles. The third kappa shape index (κ3) is 5.71. The number of piperazine rings is 1. The molecule has 0 atom stereocenters. The predicted molar refractivity (Wildman–Crippen MR) is 109 cm³/mol. The van der Waals surface area contributed by atoms with E-state index in [-0.39, 0.29) is 5.91 Å². The third-order valence-corrected chi connectivity index (χ3v) is 5.68. The zero-order chi connectivity index (χ0) is 18.2. The van der Waals surface area contributed by atoms with Crippen molar-refractivity contribution in [3.63, 3.8) is 0 Å². The van der Waals surface area contributed by atoms with Crippen molar-refractivity contribution in [2.24, 2.45) is 5.92 Å². The molecule has 2 N–H and O–H groups in total. The molecule has 2 aliphatic heterocycles. The van der Waals surface area contributed by atoms with E-state index in [2.05, 4.69) is 32.6 Å². The Morgan fingerprint density at radius 1 is 1.12 bits per heavy atom. The Balaban J connectivity index is 1.40. The van der Waals surface area contributed by atoms with E-state index < -0.39 is 0 Å². The average Bonchev–Trinajstić information content (AvgIpc) is 2.68. The number of hydrogen-bond acceptors (Lipinski definition) is 4. The van der Waals surface area contributed by atoms with Gasteiger partial charge >= 0.3 is 0 Å². The first-order chi connectivity index (χ1) is 12.7. The van der Waals surface area contributed by atoms with Crippen molar-refractivity contribution in [3.05, 3.63) is 24.3 Å². The van der Waals surface area contributed by atoms with Crippen molar-refractivity contribution >= 4 is 17.3 Å². The number of carbonyl (C=O) groups is 1. The normalized spacial score (nSPS) is 19.5. The smallest absolute Gasteiger partial charge is 0.224 e. The molecule has 0 radical (unpaired) electrons. The Labute approximate surface area is 158 Å². The van der Waals surface area contributed by atoms with Crippen LogP contribution >= 0.6 is 0 Å². The summed E-state index contributed by atoms with van der Waals surface area (Å²) in [5.74, 6) is 1.02. The monoisotopic (exact) mass is 358 g/mol. The SMILES string of the molecule is CCCC(=O)Nc1ccc(N2CCN(CCC3CCNCC3)CC2)cc1. The van der Waals surface area contributed by atoms with Crippen LogP contribution in [-0.4, -0.2) is 56.6 Å². The molecule has 0 aromatic heterocycles. The number of rotatable bonds is 7. The Kier molecular flexibility index (Phi) is 7.32. The summed E-state index contributed by atoms with van der Waals surface area (Å²) in [6.45, 7) is 10.2. The molecule has 2 saturated heterocycles. The second kappa shape index (κ2) is 9.93. The van der Waals surface area contributed by atoms with Gasteiger partial charge in [0.05, 0.1) is 0 Å². The Hall–Kier alpha value is -1.59. The van der Waals surface area contributed by atoms with Crippen LogP contribution in [0.4, 0.5) is 11.4 Å². The minimum atomic E-state index is 0.0996. The van der Waals surface area contributed by atoms with Gasteiger partial charge in [-0.2, -0.15) is 0 Å². The number of piperidine rings is 1. The molecule has 26 heavy (non-hydrogen) atoms. The Morgan fingerprint density at radius 3 is 2.46 bits per heavy atom. The second-order valence-electron chi connectivity index (χ2n) is 7.66.